The van der Waals surface area contributed by atoms with E-state index in [2.05, 4.69) is 13.8 Å². The van der Waals surface area contributed by atoms with Gasteiger partial charge in [0, 0.05) is 0 Å². The summed E-state index contributed by atoms with van der Waals surface area (Å²) in [5, 5.41) is 0. The fraction of sp³-hybridized carbons (Fsp3) is 1.00. The fourth-order valence-corrected chi connectivity index (χ4v) is 4.34. The molecule has 0 spiro atoms. The maximum Gasteiger partial charge on any atom is -0.0175 e. The highest BCUT2D eigenvalue weighted by molar-refractivity contribution is 5.33. The Labute approximate surface area is 69.4 Å². The molecule has 0 aromatic heterocycles. The first-order chi connectivity index (χ1) is 5.33. The molecule has 0 nitrogen and oxygen atoms in total. The summed E-state index contributed by atoms with van der Waals surface area (Å²) in [6.07, 6.45) is 6.12. The summed E-state index contributed by atoms with van der Waals surface area (Å²) < 4.78 is 0. The highest BCUT2D eigenvalue weighted by atomic mass is 14.9. The zero-order valence-electron chi connectivity index (χ0n) is 7.64. The van der Waals surface area contributed by atoms with Crippen molar-refractivity contribution in [1.29, 1.82) is 0 Å². The summed E-state index contributed by atoms with van der Waals surface area (Å²) in [7, 11) is 0. The third-order valence-corrected chi connectivity index (χ3v) is 5.01. The molecule has 0 aromatic carbocycles. The van der Waals surface area contributed by atoms with Crippen LogP contribution in [0.4, 0.5) is 0 Å². The largest absolute Gasteiger partial charge is 0.0651 e. The van der Waals surface area contributed by atoms with Crippen LogP contribution in [0.5, 0.6) is 0 Å². The molecule has 3 fully saturated rings. The van der Waals surface area contributed by atoms with Crippen LogP contribution in [0.25, 0.3) is 0 Å². The smallest absolute Gasteiger partial charge is 0.0175 e. The SMILES string of the molecule is CCC(C)C12C3CCCC1C32. The van der Waals surface area contributed by atoms with Crippen molar-refractivity contribution >= 4 is 0 Å². The van der Waals surface area contributed by atoms with Crippen molar-refractivity contribution in [3.05, 3.63) is 0 Å². The van der Waals surface area contributed by atoms with Crippen LogP contribution in [0.1, 0.15) is 39.5 Å². The molecule has 0 heterocycles. The van der Waals surface area contributed by atoms with Crippen molar-refractivity contribution < 1.29 is 0 Å². The molecule has 0 heteroatoms. The highest BCUT2D eigenvalue weighted by Gasteiger charge is 2.86. The Morgan fingerprint density at radius 1 is 1.36 bits per heavy atom. The third kappa shape index (κ3) is 0.494. The van der Waals surface area contributed by atoms with Crippen molar-refractivity contribution in [2.75, 3.05) is 0 Å². The average molecular weight is 150 g/mol. The van der Waals surface area contributed by atoms with Crippen LogP contribution in [0, 0.1) is 29.1 Å². The molecule has 3 aliphatic carbocycles. The third-order valence-electron chi connectivity index (χ3n) is 5.01. The monoisotopic (exact) mass is 150 g/mol. The van der Waals surface area contributed by atoms with Crippen LogP contribution in [0.2, 0.25) is 0 Å². The van der Waals surface area contributed by atoms with E-state index in [4.69, 9.17) is 0 Å². The molecule has 3 atom stereocenters. The molecular formula is C11H18. The van der Waals surface area contributed by atoms with E-state index in [9.17, 15) is 0 Å². The van der Waals surface area contributed by atoms with Crippen LogP contribution >= 0.6 is 0 Å². The van der Waals surface area contributed by atoms with Gasteiger partial charge in [0.1, 0.15) is 0 Å². The molecule has 0 bridgehead atoms. The molecule has 3 rings (SSSR count). The summed E-state index contributed by atoms with van der Waals surface area (Å²) in [4.78, 5) is 0. The lowest BCUT2D eigenvalue weighted by Crippen LogP contribution is -2.20. The quantitative estimate of drug-likeness (QED) is 0.567. The second kappa shape index (κ2) is 1.67. The van der Waals surface area contributed by atoms with Gasteiger partial charge >= 0.3 is 0 Å². The van der Waals surface area contributed by atoms with Crippen LogP contribution < -0.4 is 0 Å². The summed E-state index contributed by atoms with van der Waals surface area (Å²) in [5.41, 5.74) is 0.938. The Morgan fingerprint density at radius 2 is 2.00 bits per heavy atom. The van der Waals surface area contributed by atoms with E-state index in [0.29, 0.717) is 0 Å². The van der Waals surface area contributed by atoms with Crippen LogP contribution in [0.15, 0.2) is 0 Å². The van der Waals surface area contributed by atoms with Gasteiger partial charge in [-0.15, -0.1) is 0 Å². The van der Waals surface area contributed by atoms with Gasteiger partial charge in [-0.2, -0.15) is 0 Å². The molecular weight excluding hydrogens is 132 g/mol. The minimum Gasteiger partial charge on any atom is -0.0651 e. The minimum atomic E-state index is 0.938. The molecule has 0 N–H and O–H groups in total. The molecule has 11 heavy (non-hydrogen) atoms. The van der Waals surface area contributed by atoms with Gasteiger partial charge in [-0.05, 0) is 41.9 Å². The van der Waals surface area contributed by atoms with E-state index in [1.807, 2.05) is 0 Å². The molecule has 3 unspecified atom stereocenters. The van der Waals surface area contributed by atoms with Gasteiger partial charge in [0.05, 0.1) is 0 Å². The summed E-state index contributed by atoms with van der Waals surface area (Å²) in [5.74, 6) is 4.68. The molecule has 3 saturated carbocycles. The zero-order chi connectivity index (χ0) is 7.64. The normalized spacial score (nSPS) is 60.0. The van der Waals surface area contributed by atoms with Crippen molar-refractivity contribution in [1.82, 2.24) is 0 Å². The van der Waals surface area contributed by atoms with E-state index in [-0.39, 0.29) is 0 Å². The lowest BCUT2D eigenvalue weighted by Gasteiger charge is -2.28. The Hall–Kier alpha value is 0. The lowest BCUT2D eigenvalue weighted by atomic mass is 9.77. The predicted octanol–water partition coefficient (Wildman–Crippen LogP) is 3.08. The lowest BCUT2D eigenvalue weighted by molar-refractivity contribution is 0.210. The molecule has 0 amide bonds. The first-order valence-electron chi connectivity index (χ1n) is 5.33. The molecule has 0 radical (unpaired) electrons. The van der Waals surface area contributed by atoms with Gasteiger partial charge in [0.15, 0.2) is 0 Å². The highest BCUT2D eigenvalue weighted by Crippen LogP contribution is 2.91. The van der Waals surface area contributed by atoms with E-state index in [0.717, 1.165) is 11.3 Å². The molecule has 0 aliphatic heterocycles. The Kier molecular flexibility index (Phi) is 0.990. The number of fused-ring (bicyclic) bond motifs is 2. The predicted molar refractivity (Wildman–Crippen MR) is 46.2 cm³/mol. The van der Waals surface area contributed by atoms with E-state index < -0.39 is 0 Å². The minimum absolute atomic E-state index is 0.938. The van der Waals surface area contributed by atoms with Gasteiger partial charge < -0.3 is 0 Å². The van der Waals surface area contributed by atoms with Crippen molar-refractivity contribution in [2.24, 2.45) is 29.1 Å². The van der Waals surface area contributed by atoms with Gasteiger partial charge in [-0.3, -0.25) is 0 Å². The molecule has 62 valence electrons. The van der Waals surface area contributed by atoms with Crippen LogP contribution in [-0.2, 0) is 0 Å². The fourth-order valence-electron chi connectivity index (χ4n) is 4.34. The van der Waals surface area contributed by atoms with Gasteiger partial charge in [0.2, 0.25) is 0 Å². The number of hydrogen-bond donors (Lipinski definition) is 0. The second-order valence-electron chi connectivity index (χ2n) is 4.98. The Balaban J connectivity index is 1.80. The molecule has 3 aliphatic rings. The maximum atomic E-state index is 2.48. The zero-order valence-corrected chi connectivity index (χ0v) is 7.64. The summed E-state index contributed by atoms with van der Waals surface area (Å²) >= 11 is 0. The van der Waals surface area contributed by atoms with Crippen molar-refractivity contribution in [3.63, 3.8) is 0 Å². The Bertz CT molecular complexity index is 173. The number of rotatable bonds is 2. The van der Waals surface area contributed by atoms with E-state index in [1.165, 1.54) is 24.2 Å². The van der Waals surface area contributed by atoms with Crippen LogP contribution in [-0.4, -0.2) is 0 Å². The topological polar surface area (TPSA) is 0 Å². The molecule has 0 saturated heterocycles. The first-order valence-corrected chi connectivity index (χ1v) is 5.33. The standard InChI is InChI=1S/C11H18/c1-3-7(2)11-8-5-4-6-9(11)10(8)11/h7-10H,3-6H2,1-2H3. The average Bonchev–Trinajstić information content (AvgIpc) is 2.92. The van der Waals surface area contributed by atoms with E-state index >= 15 is 0 Å². The van der Waals surface area contributed by atoms with Crippen molar-refractivity contribution in [3.8, 4) is 0 Å². The maximum absolute atomic E-state index is 2.48. The van der Waals surface area contributed by atoms with Crippen molar-refractivity contribution in [2.45, 2.75) is 39.5 Å². The van der Waals surface area contributed by atoms with Gasteiger partial charge in [0.25, 0.3) is 0 Å². The number of hydrogen-bond acceptors (Lipinski definition) is 0. The second-order valence-corrected chi connectivity index (χ2v) is 4.98. The summed E-state index contributed by atoms with van der Waals surface area (Å²) in [6, 6.07) is 0. The molecule has 0 aromatic rings. The Morgan fingerprint density at radius 3 is 2.45 bits per heavy atom. The first kappa shape index (κ1) is 6.51. The summed E-state index contributed by atoms with van der Waals surface area (Å²) in [6.45, 7) is 4.85. The van der Waals surface area contributed by atoms with Gasteiger partial charge in [-0.25, -0.2) is 0 Å². The van der Waals surface area contributed by atoms with Crippen LogP contribution in [0.3, 0.4) is 0 Å². The van der Waals surface area contributed by atoms with Gasteiger partial charge in [-0.1, -0.05) is 26.7 Å². The van der Waals surface area contributed by atoms with E-state index in [1.54, 1.807) is 19.3 Å².